The van der Waals surface area contributed by atoms with Crippen LogP contribution in [-0.4, -0.2) is 87.9 Å². The molecule has 0 saturated carbocycles. The topological polar surface area (TPSA) is 274 Å². The van der Waals surface area contributed by atoms with Crippen molar-refractivity contribution < 1.29 is 43.8 Å². The molecular formula is C18H30N6O9S. The quantitative estimate of drug-likeness (QED) is 0.0947. The van der Waals surface area contributed by atoms with Gasteiger partial charge in [-0.2, -0.15) is 11.8 Å². The fourth-order valence-corrected chi connectivity index (χ4v) is 3.04. The third-order valence-corrected chi connectivity index (χ3v) is 4.95. The van der Waals surface area contributed by atoms with Gasteiger partial charge >= 0.3 is 11.9 Å². The van der Waals surface area contributed by atoms with Crippen molar-refractivity contribution in [3.8, 4) is 0 Å². The van der Waals surface area contributed by atoms with Crippen molar-refractivity contribution in [2.24, 2.45) is 17.2 Å². The van der Waals surface area contributed by atoms with E-state index >= 15 is 0 Å². The molecular weight excluding hydrogens is 476 g/mol. The molecule has 0 bridgehead atoms. The average Bonchev–Trinajstić information content (AvgIpc) is 2.71. The van der Waals surface area contributed by atoms with Crippen molar-refractivity contribution >= 4 is 53.2 Å². The lowest BCUT2D eigenvalue weighted by Gasteiger charge is -2.24. The maximum atomic E-state index is 12.7. The molecule has 4 atom stereocenters. The van der Waals surface area contributed by atoms with Crippen LogP contribution >= 0.6 is 11.8 Å². The molecule has 0 fully saturated rings. The molecule has 34 heavy (non-hydrogen) atoms. The number of hydrogen-bond acceptors (Lipinski definition) is 9. The number of aliphatic carboxylic acids is 2. The van der Waals surface area contributed by atoms with Crippen LogP contribution in [-0.2, 0) is 33.6 Å². The van der Waals surface area contributed by atoms with Crippen LogP contribution in [0.2, 0.25) is 0 Å². The van der Waals surface area contributed by atoms with Crippen molar-refractivity contribution in [3.05, 3.63) is 0 Å². The second kappa shape index (κ2) is 15.4. The van der Waals surface area contributed by atoms with Gasteiger partial charge in [-0.05, 0) is 24.9 Å². The Morgan fingerprint density at radius 2 is 1.29 bits per heavy atom. The molecule has 11 N–H and O–H groups in total. The Balaban J connectivity index is 5.56. The third-order valence-electron chi connectivity index (χ3n) is 4.31. The van der Waals surface area contributed by atoms with Crippen molar-refractivity contribution in [2.75, 3.05) is 12.0 Å². The van der Waals surface area contributed by atoms with Gasteiger partial charge in [0.25, 0.3) is 0 Å². The summed E-state index contributed by atoms with van der Waals surface area (Å²) in [6.45, 7) is 0. The molecule has 0 saturated heterocycles. The Kier molecular flexibility index (Phi) is 13.9. The SMILES string of the molecule is CSCCC(NC(=O)C(CC(=O)O)NC(=O)C(CCC(N)=O)NC(=O)C(N)CC(N)=O)C(=O)O. The Morgan fingerprint density at radius 1 is 0.765 bits per heavy atom. The highest BCUT2D eigenvalue weighted by molar-refractivity contribution is 7.98. The summed E-state index contributed by atoms with van der Waals surface area (Å²) in [7, 11) is 0. The van der Waals surface area contributed by atoms with Crippen LogP contribution in [0.5, 0.6) is 0 Å². The normalized spacial score (nSPS) is 14.1. The van der Waals surface area contributed by atoms with Crippen molar-refractivity contribution in [3.63, 3.8) is 0 Å². The summed E-state index contributed by atoms with van der Waals surface area (Å²) >= 11 is 1.33. The van der Waals surface area contributed by atoms with Gasteiger partial charge in [-0.3, -0.25) is 28.8 Å². The lowest BCUT2D eigenvalue weighted by Crippen LogP contribution is -2.57. The maximum Gasteiger partial charge on any atom is 0.326 e. The molecule has 192 valence electrons. The molecule has 0 aliphatic heterocycles. The van der Waals surface area contributed by atoms with E-state index in [0.717, 1.165) is 0 Å². The zero-order chi connectivity index (χ0) is 26.4. The lowest BCUT2D eigenvalue weighted by molar-refractivity contribution is -0.143. The van der Waals surface area contributed by atoms with Crippen LogP contribution in [0.4, 0.5) is 0 Å². The maximum absolute atomic E-state index is 12.7. The summed E-state index contributed by atoms with van der Waals surface area (Å²) in [5, 5.41) is 24.9. The van der Waals surface area contributed by atoms with Gasteiger partial charge in [0.05, 0.1) is 18.9 Å². The van der Waals surface area contributed by atoms with Crippen LogP contribution < -0.4 is 33.2 Å². The van der Waals surface area contributed by atoms with Crippen LogP contribution in [0.25, 0.3) is 0 Å². The van der Waals surface area contributed by atoms with Crippen LogP contribution in [0.1, 0.15) is 32.1 Å². The minimum atomic E-state index is -1.70. The first kappa shape index (κ1) is 30.6. The number of hydrogen-bond donors (Lipinski definition) is 8. The molecule has 5 amide bonds. The summed E-state index contributed by atoms with van der Waals surface area (Å²) in [5.74, 6) is -7.23. The van der Waals surface area contributed by atoms with Gasteiger partial charge in [-0.25, -0.2) is 4.79 Å². The van der Waals surface area contributed by atoms with Gasteiger partial charge in [0.2, 0.25) is 29.5 Å². The summed E-state index contributed by atoms with van der Waals surface area (Å²) in [5.41, 5.74) is 15.6. The predicted octanol–water partition coefficient (Wildman–Crippen LogP) is -3.78. The van der Waals surface area contributed by atoms with E-state index < -0.39 is 78.5 Å². The summed E-state index contributed by atoms with van der Waals surface area (Å²) in [6, 6.07) is -5.92. The zero-order valence-electron chi connectivity index (χ0n) is 18.4. The van der Waals surface area contributed by atoms with E-state index in [4.69, 9.17) is 22.3 Å². The smallest absolute Gasteiger partial charge is 0.326 e. The minimum absolute atomic E-state index is 0.0467. The molecule has 0 rings (SSSR count). The molecule has 0 spiro atoms. The van der Waals surface area contributed by atoms with Crippen molar-refractivity contribution in [2.45, 2.75) is 56.3 Å². The number of nitrogens with two attached hydrogens (primary N) is 3. The molecule has 0 heterocycles. The zero-order valence-corrected chi connectivity index (χ0v) is 19.3. The highest BCUT2D eigenvalue weighted by Crippen LogP contribution is 2.05. The Hall–Kier alpha value is -3.40. The van der Waals surface area contributed by atoms with E-state index in [1.807, 2.05) is 0 Å². The van der Waals surface area contributed by atoms with E-state index in [9.17, 15) is 38.7 Å². The minimum Gasteiger partial charge on any atom is -0.481 e. The van der Waals surface area contributed by atoms with Gasteiger partial charge in [0, 0.05) is 6.42 Å². The highest BCUT2D eigenvalue weighted by atomic mass is 32.2. The monoisotopic (exact) mass is 506 g/mol. The Morgan fingerprint density at radius 3 is 1.76 bits per heavy atom. The first-order valence-electron chi connectivity index (χ1n) is 9.95. The van der Waals surface area contributed by atoms with E-state index in [2.05, 4.69) is 16.0 Å². The Bertz CT molecular complexity index is 794. The number of thioether (sulfide) groups is 1. The molecule has 0 aliphatic rings. The highest BCUT2D eigenvalue weighted by Gasteiger charge is 2.31. The van der Waals surface area contributed by atoms with E-state index in [1.54, 1.807) is 6.26 Å². The van der Waals surface area contributed by atoms with Crippen LogP contribution in [0.3, 0.4) is 0 Å². The van der Waals surface area contributed by atoms with E-state index in [-0.39, 0.29) is 19.3 Å². The van der Waals surface area contributed by atoms with Gasteiger partial charge in [0.15, 0.2) is 0 Å². The van der Waals surface area contributed by atoms with Crippen molar-refractivity contribution in [1.29, 1.82) is 0 Å². The summed E-state index contributed by atoms with van der Waals surface area (Å²) in [4.78, 5) is 82.1. The lowest BCUT2D eigenvalue weighted by atomic mass is 10.1. The molecule has 16 heteroatoms. The number of primary amides is 2. The number of amides is 5. The van der Waals surface area contributed by atoms with Gasteiger partial charge in [-0.15, -0.1) is 0 Å². The van der Waals surface area contributed by atoms with Gasteiger partial charge < -0.3 is 43.4 Å². The number of carbonyl (C=O) groups is 7. The third kappa shape index (κ3) is 12.6. The number of rotatable bonds is 17. The van der Waals surface area contributed by atoms with E-state index in [1.165, 1.54) is 11.8 Å². The Labute approximate surface area is 198 Å². The largest absolute Gasteiger partial charge is 0.481 e. The first-order chi connectivity index (χ1) is 15.8. The average molecular weight is 507 g/mol. The number of nitrogens with one attached hydrogen (secondary N) is 3. The molecule has 15 nitrogen and oxygen atoms in total. The fourth-order valence-electron chi connectivity index (χ4n) is 2.57. The molecule has 0 aromatic heterocycles. The number of carbonyl (C=O) groups excluding carboxylic acids is 5. The second-order valence-electron chi connectivity index (χ2n) is 7.18. The van der Waals surface area contributed by atoms with Crippen LogP contribution in [0.15, 0.2) is 0 Å². The molecule has 0 aromatic rings. The number of carboxylic acids is 2. The van der Waals surface area contributed by atoms with E-state index in [0.29, 0.717) is 5.75 Å². The summed E-state index contributed by atoms with van der Waals surface area (Å²) < 4.78 is 0. The second-order valence-corrected chi connectivity index (χ2v) is 8.17. The molecule has 0 aliphatic carbocycles. The fraction of sp³-hybridized carbons (Fsp3) is 0.611. The van der Waals surface area contributed by atoms with Crippen LogP contribution in [0, 0.1) is 0 Å². The van der Waals surface area contributed by atoms with Gasteiger partial charge in [-0.1, -0.05) is 0 Å². The molecule has 4 unspecified atom stereocenters. The van der Waals surface area contributed by atoms with Crippen molar-refractivity contribution in [1.82, 2.24) is 16.0 Å². The van der Waals surface area contributed by atoms with Gasteiger partial charge in [0.1, 0.15) is 18.1 Å². The summed E-state index contributed by atoms with van der Waals surface area (Å²) in [6.07, 6.45) is -0.357. The first-order valence-corrected chi connectivity index (χ1v) is 11.3. The number of carboxylic acid groups (broad SMARTS) is 2. The standard InChI is InChI=1S/C18H30N6O9S/c1-34-5-4-10(18(32)33)23-17(31)11(7-14(27)28)24-16(30)9(2-3-12(20)25)22-15(29)8(19)6-13(21)26/h8-11H,2-7,19H2,1H3,(H2,20,25)(H2,21,26)(H,22,29)(H,23,31)(H,24,30)(H,27,28)(H,32,33). The molecule has 0 aromatic carbocycles. The molecule has 0 radical (unpaired) electrons. The predicted molar refractivity (Wildman–Crippen MR) is 119 cm³/mol.